The fourth-order valence-corrected chi connectivity index (χ4v) is 6.63. The molecule has 12 N–H and O–H groups in total. The Bertz CT molecular complexity index is 1580. The fourth-order valence-electron chi connectivity index (χ4n) is 6.63. The summed E-state index contributed by atoms with van der Waals surface area (Å²) in [4.78, 5) is 108. The van der Waals surface area contributed by atoms with Crippen LogP contribution in [0.2, 0.25) is 0 Å². The number of nitrogens with two attached hydrogens (primary N) is 2. The number of primary amides is 1. The van der Waals surface area contributed by atoms with Crippen molar-refractivity contribution in [3.8, 4) is 0 Å². The molecule has 0 unspecified atom stereocenters. The fraction of sp³-hybridized carbons (Fsp3) is 0.595. The molecule has 1 aromatic rings. The van der Waals surface area contributed by atoms with E-state index in [2.05, 4.69) is 37.2 Å². The van der Waals surface area contributed by atoms with Gasteiger partial charge < -0.3 is 53.6 Å². The maximum absolute atomic E-state index is 14.2. The van der Waals surface area contributed by atoms with E-state index in [1.165, 1.54) is 11.8 Å². The number of carbonyl (C=O) groups excluding carboxylic acids is 8. The molecule has 0 bridgehead atoms. The van der Waals surface area contributed by atoms with Gasteiger partial charge in [0.25, 0.3) is 0 Å². The lowest BCUT2D eigenvalue weighted by atomic mass is 10.0. The van der Waals surface area contributed by atoms with Crippen LogP contribution in [-0.4, -0.2) is 114 Å². The molecule has 308 valence electrons. The highest BCUT2D eigenvalue weighted by atomic mass is 16.2. The first kappa shape index (κ1) is 44.6. The molecule has 6 atom stereocenters. The second-order valence-electron chi connectivity index (χ2n) is 14.1. The highest BCUT2D eigenvalue weighted by Crippen LogP contribution is 2.21. The maximum Gasteiger partial charge on any atom is 0.245 e. The van der Waals surface area contributed by atoms with Crippen molar-refractivity contribution in [3.05, 3.63) is 35.9 Å². The summed E-state index contributed by atoms with van der Waals surface area (Å²) in [5.41, 5.74) is 11.7. The largest absolute Gasteiger partial charge is 0.370 e. The Morgan fingerprint density at radius 1 is 0.929 bits per heavy atom. The molecule has 3 rings (SSSR count). The monoisotopic (exact) mass is 783 g/mol. The third kappa shape index (κ3) is 14.5. The van der Waals surface area contributed by atoms with Crippen LogP contribution in [0.3, 0.4) is 0 Å². The van der Waals surface area contributed by atoms with Gasteiger partial charge in [0.05, 0.1) is 0 Å². The first-order chi connectivity index (χ1) is 26.7. The third-order valence-corrected chi connectivity index (χ3v) is 9.60. The SMILES string of the molecule is CCCC[C@H](NC(C)=O)C(=O)N[C@H]1CCC(=O)NCC[C@@H](C(N)=O)NC(=O)[C@H](CCCNC(=N)N)NC(=O)[C@@H](Cc2ccccc2)NC(=O)[C@@H]2CCCN2C1=O. The third-order valence-electron chi connectivity index (χ3n) is 9.60. The summed E-state index contributed by atoms with van der Waals surface area (Å²) in [6, 6.07) is 2.00. The van der Waals surface area contributed by atoms with Crippen LogP contribution >= 0.6 is 0 Å². The molecule has 0 saturated carbocycles. The van der Waals surface area contributed by atoms with E-state index in [0.29, 0.717) is 24.8 Å². The van der Waals surface area contributed by atoms with Crippen molar-refractivity contribution in [3.63, 3.8) is 0 Å². The van der Waals surface area contributed by atoms with E-state index in [1.54, 1.807) is 30.3 Å². The lowest BCUT2D eigenvalue weighted by Gasteiger charge is -2.31. The lowest BCUT2D eigenvalue weighted by molar-refractivity contribution is -0.143. The molecular weight excluding hydrogens is 726 g/mol. The second kappa shape index (κ2) is 22.6. The molecule has 0 spiro atoms. The standard InChI is InChI=1S/C37H57N11O8/c1-3-4-12-25(43-22(2)49)32(52)46-27-15-16-30(50)41-19-17-24(31(38)51)44-33(53)26(13-8-18-42-37(39)40)45-34(54)28(21-23-10-6-5-7-11-23)47-35(55)29-14-9-20-48(29)36(27)56/h5-7,10-11,24-29H,3-4,8-9,12-21H2,1-2H3,(H2,38,51)(H,41,50)(H,43,49)(H,44,53)(H,45,54)(H,46,52)(H,47,55)(H4,39,40,42)/t24-,25-,26-,27-,28+,29-/m0/s1. The van der Waals surface area contributed by atoms with E-state index >= 15 is 0 Å². The quantitative estimate of drug-likeness (QED) is 0.0591. The van der Waals surface area contributed by atoms with Gasteiger partial charge in [0, 0.05) is 39.4 Å². The number of nitrogens with one attached hydrogen (secondary N) is 8. The van der Waals surface area contributed by atoms with Crippen molar-refractivity contribution < 1.29 is 38.4 Å². The average molecular weight is 784 g/mol. The minimum absolute atomic E-state index is 0.0258. The molecule has 2 fully saturated rings. The molecule has 56 heavy (non-hydrogen) atoms. The van der Waals surface area contributed by atoms with Gasteiger partial charge in [0.2, 0.25) is 47.3 Å². The van der Waals surface area contributed by atoms with Crippen molar-refractivity contribution in [2.24, 2.45) is 11.5 Å². The van der Waals surface area contributed by atoms with E-state index in [-0.39, 0.29) is 70.5 Å². The molecule has 19 heteroatoms. The summed E-state index contributed by atoms with van der Waals surface area (Å²) in [5.74, 6) is -5.41. The van der Waals surface area contributed by atoms with Gasteiger partial charge in [0.1, 0.15) is 36.3 Å². The van der Waals surface area contributed by atoms with Crippen LogP contribution in [0, 0.1) is 5.41 Å². The van der Waals surface area contributed by atoms with Gasteiger partial charge >= 0.3 is 0 Å². The van der Waals surface area contributed by atoms with Crippen molar-refractivity contribution in [1.29, 1.82) is 5.41 Å². The number of nitrogens with zero attached hydrogens (tertiary/aromatic N) is 1. The first-order valence-corrected chi connectivity index (χ1v) is 19.2. The van der Waals surface area contributed by atoms with Gasteiger partial charge in [-0.2, -0.15) is 0 Å². The normalized spacial score (nSPS) is 23.4. The molecular formula is C37H57N11O8. The predicted octanol–water partition coefficient (Wildman–Crippen LogP) is -2.10. The molecule has 0 aliphatic carbocycles. The van der Waals surface area contributed by atoms with Gasteiger partial charge in [-0.1, -0.05) is 50.1 Å². The van der Waals surface area contributed by atoms with Gasteiger partial charge in [-0.3, -0.25) is 43.8 Å². The molecule has 2 aliphatic heterocycles. The number of guanidine groups is 1. The predicted molar refractivity (Wildman–Crippen MR) is 205 cm³/mol. The second-order valence-corrected chi connectivity index (χ2v) is 14.1. The van der Waals surface area contributed by atoms with Gasteiger partial charge in [-0.15, -0.1) is 0 Å². The van der Waals surface area contributed by atoms with Crippen LogP contribution in [0.25, 0.3) is 0 Å². The Morgan fingerprint density at radius 3 is 2.29 bits per heavy atom. The summed E-state index contributed by atoms with van der Waals surface area (Å²) in [5, 5.41) is 26.1. The summed E-state index contributed by atoms with van der Waals surface area (Å²) in [6.07, 6.45) is 2.24. The topological polar surface area (TPSA) is 300 Å². The van der Waals surface area contributed by atoms with Crippen molar-refractivity contribution in [2.45, 2.75) is 121 Å². The van der Waals surface area contributed by atoms with Gasteiger partial charge in [0.15, 0.2) is 5.96 Å². The molecule has 8 amide bonds. The van der Waals surface area contributed by atoms with Gasteiger partial charge in [-0.05, 0) is 50.5 Å². The Kier molecular flexibility index (Phi) is 18.0. The molecule has 0 aromatic heterocycles. The summed E-state index contributed by atoms with van der Waals surface area (Å²) >= 11 is 0. The molecule has 1 aromatic carbocycles. The van der Waals surface area contributed by atoms with E-state index in [1.807, 2.05) is 6.92 Å². The smallest absolute Gasteiger partial charge is 0.245 e. The van der Waals surface area contributed by atoms with Crippen LogP contribution in [0.1, 0.15) is 83.6 Å². The van der Waals surface area contributed by atoms with Crippen molar-refractivity contribution in [1.82, 2.24) is 42.1 Å². The lowest BCUT2D eigenvalue weighted by Crippen LogP contribution is -2.59. The highest BCUT2D eigenvalue weighted by molar-refractivity contribution is 5.97. The Morgan fingerprint density at radius 2 is 1.62 bits per heavy atom. The number of carbonyl (C=O) groups is 8. The molecule has 2 aliphatic rings. The van der Waals surface area contributed by atoms with Gasteiger partial charge in [-0.25, -0.2) is 0 Å². The summed E-state index contributed by atoms with van der Waals surface area (Å²) < 4.78 is 0. The summed E-state index contributed by atoms with van der Waals surface area (Å²) in [6.45, 7) is 3.48. The van der Waals surface area contributed by atoms with E-state index in [4.69, 9.17) is 16.9 Å². The number of amides is 8. The van der Waals surface area contributed by atoms with Crippen LogP contribution in [0.5, 0.6) is 0 Å². The maximum atomic E-state index is 14.2. The number of hydrogen-bond donors (Lipinski definition) is 10. The molecule has 0 radical (unpaired) electrons. The number of hydrogen-bond acceptors (Lipinski definition) is 9. The zero-order chi connectivity index (χ0) is 41.2. The van der Waals surface area contributed by atoms with Crippen LogP contribution in [-0.2, 0) is 44.8 Å². The number of fused-ring (bicyclic) bond motifs is 1. The average Bonchev–Trinajstić information content (AvgIpc) is 3.65. The minimum Gasteiger partial charge on any atom is -0.370 e. The first-order valence-electron chi connectivity index (χ1n) is 19.2. The van der Waals surface area contributed by atoms with Crippen molar-refractivity contribution >= 4 is 53.2 Å². The van der Waals surface area contributed by atoms with E-state index in [9.17, 15) is 38.4 Å². The van der Waals surface area contributed by atoms with E-state index < -0.39 is 83.5 Å². The molecule has 2 saturated heterocycles. The van der Waals surface area contributed by atoms with E-state index in [0.717, 1.165) is 6.42 Å². The molecule has 19 nitrogen and oxygen atoms in total. The number of unbranched alkanes of at least 4 members (excludes halogenated alkanes) is 1. The highest BCUT2D eigenvalue weighted by Gasteiger charge is 2.40. The molecule has 2 heterocycles. The Labute approximate surface area is 326 Å². The number of rotatable bonds is 13. The minimum atomic E-state index is -1.25. The Balaban J connectivity index is 1.99. The van der Waals surface area contributed by atoms with Crippen LogP contribution < -0.4 is 48.7 Å². The number of benzene rings is 1. The zero-order valence-electron chi connectivity index (χ0n) is 32.1. The summed E-state index contributed by atoms with van der Waals surface area (Å²) in [7, 11) is 0. The van der Waals surface area contributed by atoms with Crippen molar-refractivity contribution in [2.75, 3.05) is 19.6 Å². The van der Waals surface area contributed by atoms with Crippen LogP contribution in [0.15, 0.2) is 30.3 Å². The zero-order valence-corrected chi connectivity index (χ0v) is 32.1. The van der Waals surface area contributed by atoms with Crippen LogP contribution in [0.4, 0.5) is 0 Å². The Hall–Kier alpha value is -5.75.